The second-order valence-corrected chi connectivity index (χ2v) is 3.46. The molecule has 15 heavy (non-hydrogen) atoms. The van der Waals surface area contributed by atoms with Gasteiger partial charge in [-0.3, -0.25) is 0 Å². The van der Waals surface area contributed by atoms with Gasteiger partial charge in [-0.15, -0.1) is 0 Å². The van der Waals surface area contributed by atoms with E-state index in [9.17, 15) is 18.3 Å². The quantitative estimate of drug-likeness (QED) is 0.826. The first kappa shape index (κ1) is 12.0. The maximum Gasteiger partial charge on any atom is 0.416 e. The highest BCUT2D eigenvalue weighted by Gasteiger charge is 2.29. The first-order valence-corrected chi connectivity index (χ1v) is 4.77. The van der Waals surface area contributed by atoms with Gasteiger partial charge in [-0.05, 0) is 30.5 Å². The van der Waals surface area contributed by atoms with E-state index in [-0.39, 0.29) is 0 Å². The topological polar surface area (TPSA) is 20.2 Å². The summed E-state index contributed by atoms with van der Waals surface area (Å²) in [4.78, 5) is 0. The second kappa shape index (κ2) is 4.66. The molecule has 1 atom stereocenters. The van der Waals surface area contributed by atoms with Crippen LogP contribution in [0.25, 0.3) is 0 Å². The summed E-state index contributed by atoms with van der Waals surface area (Å²) in [6.07, 6.45) is -3.78. The van der Waals surface area contributed by atoms with Crippen molar-refractivity contribution in [2.75, 3.05) is 0 Å². The largest absolute Gasteiger partial charge is 0.416 e. The first-order valence-electron chi connectivity index (χ1n) is 4.77. The van der Waals surface area contributed by atoms with Crippen LogP contribution in [0.15, 0.2) is 24.3 Å². The Kier molecular flexibility index (Phi) is 3.74. The van der Waals surface area contributed by atoms with Gasteiger partial charge in [0.1, 0.15) is 0 Å². The Balaban J connectivity index is 2.73. The zero-order valence-corrected chi connectivity index (χ0v) is 8.38. The Morgan fingerprint density at radius 1 is 1.20 bits per heavy atom. The third kappa shape index (κ3) is 3.55. The van der Waals surface area contributed by atoms with Crippen LogP contribution in [0.3, 0.4) is 0 Å². The van der Waals surface area contributed by atoms with E-state index in [2.05, 4.69) is 0 Å². The van der Waals surface area contributed by atoms with E-state index in [1.165, 1.54) is 12.1 Å². The van der Waals surface area contributed by atoms with Crippen molar-refractivity contribution < 1.29 is 18.3 Å². The van der Waals surface area contributed by atoms with Gasteiger partial charge in [0.25, 0.3) is 0 Å². The van der Waals surface area contributed by atoms with Crippen molar-refractivity contribution in [3.8, 4) is 0 Å². The van der Waals surface area contributed by atoms with Gasteiger partial charge in [-0.25, -0.2) is 0 Å². The highest BCUT2D eigenvalue weighted by atomic mass is 19.4. The SMILES string of the molecule is CCC(O)Cc1ccc(C(F)(F)F)cc1. The molecule has 0 aromatic heterocycles. The van der Waals surface area contributed by atoms with Gasteiger partial charge in [0.15, 0.2) is 0 Å². The Bertz CT molecular complexity index is 303. The number of hydrogen-bond donors (Lipinski definition) is 1. The summed E-state index contributed by atoms with van der Waals surface area (Å²) < 4.78 is 36.6. The molecule has 1 aromatic rings. The van der Waals surface area contributed by atoms with Crippen LogP contribution >= 0.6 is 0 Å². The summed E-state index contributed by atoms with van der Waals surface area (Å²) in [6, 6.07) is 4.89. The predicted octanol–water partition coefficient (Wildman–Crippen LogP) is 3.02. The fourth-order valence-electron chi connectivity index (χ4n) is 1.25. The molecule has 0 radical (unpaired) electrons. The van der Waals surface area contributed by atoms with E-state index in [4.69, 9.17) is 0 Å². The molecule has 1 rings (SSSR count). The molecule has 4 heteroatoms. The standard InChI is InChI=1S/C11H13F3O/c1-2-10(15)7-8-3-5-9(6-4-8)11(12,13)14/h3-6,10,15H,2,7H2,1H3. The summed E-state index contributed by atoms with van der Waals surface area (Å²) >= 11 is 0. The number of aliphatic hydroxyl groups is 1. The van der Waals surface area contributed by atoms with Crippen molar-refractivity contribution in [3.63, 3.8) is 0 Å². The molecule has 0 aliphatic rings. The zero-order chi connectivity index (χ0) is 11.5. The minimum atomic E-state index is -4.29. The van der Waals surface area contributed by atoms with Gasteiger partial charge in [0, 0.05) is 0 Å². The summed E-state index contributed by atoms with van der Waals surface area (Å²) in [5, 5.41) is 9.32. The lowest BCUT2D eigenvalue weighted by Crippen LogP contribution is -2.09. The molecule has 0 bridgehead atoms. The predicted molar refractivity (Wildman–Crippen MR) is 51.4 cm³/mol. The number of halogens is 3. The average Bonchev–Trinajstić information content (AvgIpc) is 2.17. The highest BCUT2D eigenvalue weighted by molar-refractivity contribution is 5.24. The number of rotatable bonds is 3. The lowest BCUT2D eigenvalue weighted by atomic mass is 10.0. The van der Waals surface area contributed by atoms with Crippen molar-refractivity contribution in [1.29, 1.82) is 0 Å². The van der Waals surface area contributed by atoms with Crippen molar-refractivity contribution in [2.45, 2.75) is 32.0 Å². The molecule has 0 aliphatic heterocycles. The van der Waals surface area contributed by atoms with Gasteiger partial charge in [0.2, 0.25) is 0 Å². The van der Waals surface area contributed by atoms with Crippen LogP contribution in [0.5, 0.6) is 0 Å². The second-order valence-electron chi connectivity index (χ2n) is 3.46. The van der Waals surface area contributed by atoms with E-state index in [1.54, 1.807) is 0 Å². The van der Waals surface area contributed by atoms with Gasteiger partial charge in [0.05, 0.1) is 11.7 Å². The molecule has 0 heterocycles. The molecule has 0 fully saturated rings. The Morgan fingerprint density at radius 2 is 1.73 bits per heavy atom. The molecule has 0 saturated heterocycles. The summed E-state index contributed by atoms with van der Waals surface area (Å²) in [5.41, 5.74) is 0.0644. The molecule has 0 saturated carbocycles. The van der Waals surface area contributed by atoms with Crippen LogP contribution < -0.4 is 0 Å². The average molecular weight is 218 g/mol. The van der Waals surface area contributed by atoms with Crippen molar-refractivity contribution in [1.82, 2.24) is 0 Å². The molecule has 0 amide bonds. The van der Waals surface area contributed by atoms with Gasteiger partial charge in [-0.2, -0.15) is 13.2 Å². The molecule has 1 nitrogen and oxygen atoms in total. The summed E-state index contributed by atoms with van der Waals surface area (Å²) in [5.74, 6) is 0. The maximum absolute atomic E-state index is 12.2. The van der Waals surface area contributed by atoms with Crippen LogP contribution in [-0.2, 0) is 12.6 Å². The molecule has 0 spiro atoms. The van der Waals surface area contributed by atoms with E-state index < -0.39 is 17.8 Å². The van der Waals surface area contributed by atoms with Crippen LogP contribution in [0.1, 0.15) is 24.5 Å². The fourth-order valence-corrected chi connectivity index (χ4v) is 1.25. The third-order valence-corrected chi connectivity index (χ3v) is 2.22. The lowest BCUT2D eigenvalue weighted by Gasteiger charge is -2.09. The zero-order valence-electron chi connectivity index (χ0n) is 8.38. The monoisotopic (exact) mass is 218 g/mol. The van der Waals surface area contributed by atoms with Crippen molar-refractivity contribution in [2.24, 2.45) is 0 Å². The van der Waals surface area contributed by atoms with E-state index >= 15 is 0 Å². The van der Waals surface area contributed by atoms with Gasteiger partial charge in [-0.1, -0.05) is 19.1 Å². The third-order valence-electron chi connectivity index (χ3n) is 2.22. The number of hydrogen-bond acceptors (Lipinski definition) is 1. The molecule has 1 unspecified atom stereocenters. The van der Waals surface area contributed by atoms with Crippen LogP contribution in [-0.4, -0.2) is 11.2 Å². The highest BCUT2D eigenvalue weighted by Crippen LogP contribution is 2.29. The first-order chi connectivity index (χ1) is 6.93. The number of alkyl halides is 3. The molecular formula is C11H13F3O. The van der Waals surface area contributed by atoms with Gasteiger partial charge < -0.3 is 5.11 Å². The Morgan fingerprint density at radius 3 is 2.13 bits per heavy atom. The number of benzene rings is 1. The van der Waals surface area contributed by atoms with E-state index in [0.29, 0.717) is 12.8 Å². The normalized spacial score (nSPS) is 13.9. The lowest BCUT2D eigenvalue weighted by molar-refractivity contribution is -0.137. The molecule has 84 valence electrons. The molecule has 0 aliphatic carbocycles. The minimum absolute atomic E-state index is 0.397. The van der Waals surface area contributed by atoms with Crippen LogP contribution in [0.4, 0.5) is 13.2 Å². The van der Waals surface area contributed by atoms with E-state index in [0.717, 1.165) is 17.7 Å². The summed E-state index contributed by atoms with van der Waals surface area (Å²) in [7, 11) is 0. The molecule has 1 aromatic carbocycles. The van der Waals surface area contributed by atoms with Crippen molar-refractivity contribution >= 4 is 0 Å². The Hall–Kier alpha value is -1.03. The van der Waals surface area contributed by atoms with E-state index in [1.807, 2.05) is 6.92 Å². The summed E-state index contributed by atoms with van der Waals surface area (Å²) in [6.45, 7) is 1.83. The maximum atomic E-state index is 12.2. The van der Waals surface area contributed by atoms with Crippen molar-refractivity contribution in [3.05, 3.63) is 35.4 Å². The van der Waals surface area contributed by atoms with Crippen LogP contribution in [0.2, 0.25) is 0 Å². The smallest absolute Gasteiger partial charge is 0.393 e. The molecule has 1 N–H and O–H groups in total. The van der Waals surface area contributed by atoms with Gasteiger partial charge >= 0.3 is 6.18 Å². The number of aliphatic hydroxyl groups excluding tert-OH is 1. The minimum Gasteiger partial charge on any atom is -0.393 e. The fraction of sp³-hybridized carbons (Fsp3) is 0.455. The Labute approximate surface area is 86.5 Å². The van der Waals surface area contributed by atoms with Crippen LogP contribution in [0, 0.1) is 0 Å². The molecular weight excluding hydrogens is 205 g/mol.